The average molecular weight is 357 g/mol. The molecule has 1 saturated carbocycles. The molecule has 140 valence electrons. The lowest BCUT2D eigenvalue weighted by Crippen LogP contribution is -2.47. The van der Waals surface area contributed by atoms with Gasteiger partial charge in [-0.1, -0.05) is 49.8 Å². The van der Waals surface area contributed by atoms with E-state index in [1.807, 2.05) is 32.0 Å². The molecular formula is C20H27N3O3. The van der Waals surface area contributed by atoms with Crippen LogP contribution in [0.3, 0.4) is 0 Å². The van der Waals surface area contributed by atoms with Crippen molar-refractivity contribution in [2.75, 3.05) is 11.9 Å². The van der Waals surface area contributed by atoms with Crippen LogP contribution in [0.15, 0.2) is 18.2 Å². The highest BCUT2D eigenvalue weighted by Gasteiger charge is 2.50. The third kappa shape index (κ3) is 3.74. The summed E-state index contributed by atoms with van der Waals surface area (Å²) in [4.78, 5) is 38.8. The van der Waals surface area contributed by atoms with E-state index in [0.29, 0.717) is 18.5 Å². The minimum Gasteiger partial charge on any atom is -0.324 e. The molecular weight excluding hydrogens is 330 g/mol. The van der Waals surface area contributed by atoms with Crippen LogP contribution >= 0.6 is 0 Å². The van der Waals surface area contributed by atoms with Gasteiger partial charge in [0.25, 0.3) is 5.91 Å². The minimum absolute atomic E-state index is 0.250. The van der Waals surface area contributed by atoms with Gasteiger partial charge in [-0.2, -0.15) is 0 Å². The van der Waals surface area contributed by atoms with Crippen LogP contribution in [0, 0.1) is 13.8 Å². The predicted molar refractivity (Wildman–Crippen MR) is 99.8 cm³/mol. The van der Waals surface area contributed by atoms with Gasteiger partial charge in [-0.3, -0.25) is 14.5 Å². The Kier molecular flexibility index (Phi) is 5.30. The SMILES string of the molecule is Cc1ccc(NC(=O)CN2C(=O)NC3(CCCCCCC3)C2=O)c(C)c1. The number of nitrogens with one attached hydrogen (secondary N) is 2. The lowest BCUT2D eigenvalue weighted by atomic mass is 9.84. The van der Waals surface area contributed by atoms with E-state index in [2.05, 4.69) is 10.6 Å². The van der Waals surface area contributed by atoms with Gasteiger partial charge < -0.3 is 10.6 Å². The Labute approximate surface area is 154 Å². The summed E-state index contributed by atoms with van der Waals surface area (Å²) in [7, 11) is 0. The maximum atomic E-state index is 12.9. The number of hydrogen-bond acceptors (Lipinski definition) is 3. The van der Waals surface area contributed by atoms with Crippen molar-refractivity contribution in [2.24, 2.45) is 0 Å². The molecule has 1 aliphatic heterocycles. The Bertz CT molecular complexity index is 721. The highest BCUT2D eigenvalue weighted by molar-refractivity contribution is 6.10. The summed E-state index contributed by atoms with van der Waals surface area (Å²) in [5.74, 6) is -0.608. The first kappa shape index (κ1) is 18.4. The molecule has 6 nitrogen and oxygen atoms in total. The van der Waals surface area contributed by atoms with E-state index < -0.39 is 11.6 Å². The number of anilines is 1. The number of hydrogen-bond donors (Lipinski definition) is 2. The molecule has 3 rings (SSSR count). The lowest BCUT2D eigenvalue weighted by Gasteiger charge is -2.28. The van der Waals surface area contributed by atoms with Crippen molar-refractivity contribution in [3.05, 3.63) is 29.3 Å². The lowest BCUT2D eigenvalue weighted by molar-refractivity contribution is -0.134. The zero-order valence-corrected chi connectivity index (χ0v) is 15.6. The number of urea groups is 1. The van der Waals surface area contributed by atoms with Crippen molar-refractivity contribution in [3.8, 4) is 0 Å². The van der Waals surface area contributed by atoms with Gasteiger partial charge in [-0.05, 0) is 38.3 Å². The molecule has 6 heteroatoms. The second-order valence-corrected chi connectivity index (χ2v) is 7.54. The number of nitrogens with zero attached hydrogens (tertiary/aromatic N) is 1. The molecule has 1 spiro atoms. The van der Waals surface area contributed by atoms with Crippen LogP contribution in [0.25, 0.3) is 0 Å². The topological polar surface area (TPSA) is 78.5 Å². The number of benzene rings is 1. The number of aryl methyl sites for hydroxylation is 2. The molecule has 2 N–H and O–H groups in total. The van der Waals surface area contributed by atoms with Gasteiger partial charge in [0, 0.05) is 5.69 Å². The molecule has 0 unspecified atom stereocenters. The number of carbonyl (C=O) groups excluding carboxylic acids is 3. The van der Waals surface area contributed by atoms with Crippen molar-refractivity contribution in [1.82, 2.24) is 10.2 Å². The zero-order valence-electron chi connectivity index (χ0n) is 15.6. The zero-order chi connectivity index (χ0) is 18.7. The van der Waals surface area contributed by atoms with Crippen LogP contribution in [-0.4, -0.2) is 34.8 Å². The largest absolute Gasteiger partial charge is 0.325 e. The van der Waals surface area contributed by atoms with E-state index in [4.69, 9.17) is 0 Å². The van der Waals surface area contributed by atoms with E-state index in [1.165, 1.54) is 6.42 Å². The van der Waals surface area contributed by atoms with Crippen molar-refractivity contribution < 1.29 is 14.4 Å². The summed E-state index contributed by atoms with van der Waals surface area (Å²) < 4.78 is 0. The van der Waals surface area contributed by atoms with Crippen LogP contribution in [0.2, 0.25) is 0 Å². The van der Waals surface area contributed by atoms with Gasteiger partial charge >= 0.3 is 6.03 Å². The Morgan fingerprint density at radius 2 is 1.77 bits per heavy atom. The maximum Gasteiger partial charge on any atom is 0.325 e. The van der Waals surface area contributed by atoms with Gasteiger partial charge in [0.2, 0.25) is 5.91 Å². The van der Waals surface area contributed by atoms with Crippen molar-refractivity contribution in [2.45, 2.75) is 64.3 Å². The Hall–Kier alpha value is -2.37. The monoisotopic (exact) mass is 357 g/mol. The third-order valence-corrected chi connectivity index (χ3v) is 5.41. The molecule has 26 heavy (non-hydrogen) atoms. The second kappa shape index (κ2) is 7.48. The molecule has 0 bridgehead atoms. The van der Waals surface area contributed by atoms with E-state index in [1.54, 1.807) is 0 Å². The van der Waals surface area contributed by atoms with Crippen molar-refractivity contribution >= 4 is 23.5 Å². The van der Waals surface area contributed by atoms with Crippen molar-refractivity contribution in [3.63, 3.8) is 0 Å². The quantitative estimate of drug-likeness (QED) is 0.815. The smallest absolute Gasteiger partial charge is 0.324 e. The van der Waals surface area contributed by atoms with Crippen LogP contribution < -0.4 is 10.6 Å². The van der Waals surface area contributed by atoms with E-state index in [0.717, 1.165) is 41.7 Å². The summed E-state index contributed by atoms with van der Waals surface area (Å²) in [6.45, 7) is 3.65. The van der Waals surface area contributed by atoms with Gasteiger partial charge in [-0.15, -0.1) is 0 Å². The molecule has 2 aliphatic rings. The predicted octanol–water partition coefficient (Wildman–Crippen LogP) is 3.28. The van der Waals surface area contributed by atoms with Crippen LogP contribution in [0.5, 0.6) is 0 Å². The third-order valence-electron chi connectivity index (χ3n) is 5.41. The molecule has 1 heterocycles. The fourth-order valence-corrected chi connectivity index (χ4v) is 3.95. The fraction of sp³-hybridized carbons (Fsp3) is 0.550. The molecule has 1 saturated heterocycles. The molecule has 1 aromatic rings. The van der Waals surface area contributed by atoms with Gasteiger partial charge in [0.15, 0.2) is 0 Å². The Morgan fingerprint density at radius 3 is 2.42 bits per heavy atom. The molecule has 0 aromatic heterocycles. The molecule has 0 atom stereocenters. The molecule has 1 aromatic carbocycles. The summed E-state index contributed by atoms with van der Waals surface area (Å²) in [6, 6.07) is 5.28. The number of rotatable bonds is 3. The van der Waals surface area contributed by atoms with Crippen LogP contribution in [0.4, 0.5) is 10.5 Å². The van der Waals surface area contributed by atoms with Crippen LogP contribution in [-0.2, 0) is 9.59 Å². The van der Waals surface area contributed by atoms with Gasteiger partial charge in [-0.25, -0.2) is 4.79 Å². The Morgan fingerprint density at radius 1 is 1.12 bits per heavy atom. The fourth-order valence-electron chi connectivity index (χ4n) is 3.95. The maximum absolute atomic E-state index is 12.9. The number of amides is 4. The normalized spacial score (nSPS) is 19.8. The molecule has 0 radical (unpaired) electrons. The highest BCUT2D eigenvalue weighted by Crippen LogP contribution is 2.32. The second-order valence-electron chi connectivity index (χ2n) is 7.54. The van der Waals surface area contributed by atoms with E-state index in [-0.39, 0.29) is 18.4 Å². The highest BCUT2D eigenvalue weighted by atomic mass is 16.2. The van der Waals surface area contributed by atoms with E-state index >= 15 is 0 Å². The standard InChI is InChI=1S/C20H27N3O3/c1-14-8-9-16(15(2)12-14)21-17(24)13-23-18(25)20(22-19(23)26)10-6-4-3-5-7-11-20/h8-9,12H,3-7,10-11,13H2,1-2H3,(H,21,24)(H,22,26). The summed E-state index contributed by atoms with van der Waals surface area (Å²) in [5, 5.41) is 5.69. The van der Waals surface area contributed by atoms with Gasteiger partial charge in [0.05, 0.1) is 0 Å². The summed E-state index contributed by atoms with van der Waals surface area (Å²) >= 11 is 0. The first-order valence-electron chi connectivity index (χ1n) is 9.42. The molecule has 4 amide bonds. The average Bonchev–Trinajstić information content (AvgIpc) is 2.79. The summed E-state index contributed by atoms with van der Waals surface area (Å²) in [6.07, 6.45) is 6.51. The van der Waals surface area contributed by atoms with E-state index in [9.17, 15) is 14.4 Å². The summed E-state index contributed by atoms with van der Waals surface area (Å²) in [5.41, 5.74) is 1.96. The Balaban J connectivity index is 1.68. The minimum atomic E-state index is -0.808. The first-order valence-corrected chi connectivity index (χ1v) is 9.42. The number of carbonyl (C=O) groups is 3. The van der Waals surface area contributed by atoms with Crippen molar-refractivity contribution in [1.29, 1.82) is 0 Å². The first-order chi connectivity index (χ1) is 12.4. The van der Waals surface area contributed by atoms with Crippen LogP contribution in [0.1, 0.15) is 56.1 Å². The van der Waals surface area contributed by atoms with Gasteiger partial charge in [0.1, 0.15) is 12.1 Å². The molecule has 2 fully saturated rings. The molecule has 1 aliphatic carbocycles. The number of imide groups is 1.